The van der Waals surface area contributed by atoms with E-state index in [1.807, 2.05) is 19.1 Å². The van der Waals surface area contributed by atoms with Gasteiger partial charge in [0.15, 0.2) is 5.16 Å². The zero-order chi connectivity index (χ0) is 17.4. The van der Waals surface area contributed by atoms with Gasteiger partial charge in [-0.25, -0.2) is 4.98 Å². The van der Waals surface area contributed by atoms with Crippen molar-refractivity contribution >= 4 is 33.3 Å². The normalized spacial score (nSPS) is 14.0. The summed E-state index contributed by atoms with van der Waals surface area (Å²) in [6.45, 7) is 6.37. The number of thiophene rings is 1. The first-order valence-electron chi connectivity index (χ1n) is 8.48. The van der Waals surface area contributed by atoms with E-state index in [2.05, 4.69) is 6.58 Å². The van der Waals surface area contributed by atoms with E-state index in [0.717, 1.165) is 51.7 Å². The van der Waals surface area contributed by atoms with Crippen LogP contribution < -0.4 is 5.56 Å². The molecule has 0 bridgehead atoms. The van der Waals surface area contributed by atoms with Crippen molar-refractivity contribution in [2.24, 2.45) is 0 Å². The number of hydrogen-bond donors (Lipinski definition) is 0. The smallest absolute Gasteiger partial charge is 0.263 e. The van der Waals surface area contributed by atoms with Crippen LogP contribution in [-0.2, 0) is 19.4 Å². The van der Waals surface area contributed by atoms with Gasteiger partial charge in [0.25, 0.3) is 5.56 Å². The van der Waals surface area contributed by atoms with Gasteiger partial charge in [-0.2, -0.15) is 0 Å². The van der Waals surface area contributed by atoms with E-state index >= 15 is 0 Å². The second kappa shape index (κ2) is 6.84. The van der Waals surface area contributed by atoms with Gasteiger partial charge in [-0.15, -0.1) is 11.3 Å². The molecule has 4 rings (SSSR count). The molecule has 0 saturated heterocycles. The predicted molar refractivity (Wildman–Crippen MR) is 104 cm³/mol. The van der Waals surface area contributed by atoms with Gasteiger partial charge in [0.05, 0.1) is 18.2 Å². The van der Waals surface area contributed by atoms with E-state index in [1.165, 1.54) is 16.9 Å². The van der Waals surface area contributed by atoms with Gasteiger partial charge in [-0.3, -0.25) is 9.36 Å². The molecule has 25 heavy (non-hydrogen) atoms. The Kier molecular flexibility index (Phi) is 4.56. The molecule has 0 aromatic carbocycles. The van der Waals surface area contributed by atoms with Crippen molar-refractivity contribution in [1.29, 1.82) is 0 Å². The first-order chi connectivity index (χ1) is 12.1. The van der Waals surface area contributed by atoms with Crippen LogP contribution in [0.3, 0.4) is 0 Å². The lowest BCUT2D eigenvalue weighted by Crippen LogP contribution is -2.24. The van der Waals surface area contributed by atoms with Crippen LogP contribution in [-0.4, -0.2) is 15.3 Å². The average Bonchev–Trinajstić information content (AvgIpc) is 3.22. The van der Waals surface area contributed by atoms with Gasteiger partial charge < -0.3 is 4.42 Å². The number of fused-ring (bicyclic) bond motifs is 3. The van der Waals surface area contributed by atoms with Crippen LogP contribution in [0.1, 0.15) is 36.0 Å². The minimum atomic E-state index is 0.0602. The van der Waals surface area contributed by atoms with E-state index in [9.17, 15) is 4.79 Å². The molecular formula is C19H20N2O2S2. The SMILES string of the molecule is C=C(C)CSc1nc2sc3c(c2c(=O)n1Cc1ccco1)CCCC3. The Morgan fingerprint density at radius 1 is 1.44 bits per heavy atom. The van der Waals surface area contributed by atoms with E-state index in [-0.39, 0.29) is 5.56 Å². The van der Waals surface area contributed by atoms with Crippen molar-refractivity contribution in [1.82, 2.24) is 9.55 Å². The minimum Gasteiger partial charge on any atom is -0.467 e. The summed E-state index contributed by atoms with van der Waals surface area (Å²) in [5.41, 5.74) is 2.35. The molecule has 0 spiro atoms. The Labute approximate surface area is 154 Å². The summed E-state index contributed by atoms with van der Waals surface area (Å²) >= 11 is 3.26. The van der Waals surface area contributed by atoms with Gasteiger partial charge >= 0.3 is 0 Å². The van der Waals surface area contributed by atoms with Gasteiger partial charge in [0.2, 0.25) is 0 Å². The maximum atomic E-state index is 13.3. The van der Waals surface area contributed by atoms with Crippen LogP contribution >= 0.6 is 23.1 Å². The fraction of sp³-hybridized carbons (Fsp3) is 0.368. The lowest BCUT2D eigenvalue weighted by atomic mass is 9.97. The highest BCUT2D eigenvalue weighted by Crippen LogP contribution is 2.35. The fourth-order valence-corrected chi connectivity index (χ4v) is 5.36. The Balaban J connectivity index is 1.88. The van der Waals surface area contributed by atoms with Crippen molar-refractivity contribution in [3.8, 4) is 0 Å². The molecule has 0 atom stereocenters. The van der Waals surface area contributed by atoms with E-state index in [1.54, 1.807) is 33.9 Å². The van der Waals surface area contributed by atoms with Crippen LogP contribution in [0.2, 0.25) is 0 Å². The molecule has 3 heterocycles. The Morgan fingerprint density at radius 2 is 2.28 bits per heavy atom. The maximum absolute atomic E-state index is 13.3. The van der Waals surface area contributed by atoms with Crippen molar-refractivity contribution in [3.05, 3.63) is 57.1 Å². The summed E-state index contributed by atoms with van der Waals surface area (Å²) in [4.78, 5) is 20.4. The van der Waals surface area contributed by atoms with Crippen molar-refractivity contribution in [2.45, 2.75) is 44.3 Å². The summed E-state index contributed by atoms with van der Waals surface area (Å²) in [6, 6.07) is 3.74. The maximum Gasteiger partial charge on any atom is 0.263 e. The topological polar surface area (TPSA) is 48.0 Å². The third kappa shape index (κ3) is 3.20. The van der Waals surface area contributed by atoms with Crippen molar-refractivity contribution < 1.29 is 4.42 Å². The zero-order valence-corrected chi connectivity index (χ0v) is 15.8. The zero-order valence-electron chi connectivity index (χ0n) is 14.2. The highest BCUT2D eigenvalue weighted by Gasteiger charge is 2.22. The summed E-state index contributed by atoms with van der Waals surface area (Å²) in [5, 5.41) is 1.57. The molecular weight excluding hydrogens is 352 g/mol. The summed E-state index contributed by atoms with van der Waals surface area (Å²) < 4.78 is 7.23. The molecule has 4 nitrogen and oxygen atoms in total. The van der Waals surface area contributed by atoms with Crippen LogP contribution in [0.25, 0.3) is 10.2 Å². The van der Waals surface area contributed by atoms with Gasteiger partial charge in [-0.1, -0.05) is 23.9 Å². The monoisotopic (exact) mass is 372 g/mol. The largest absolute Gasteiger partial charge is 0.467 e. The number of rotatable bonds is 5. The third-order valence-corrected chi connectivity index (χ3v) is 6.77. The highest BCUT2D eigenvalue weighted by molar-refractivity contribution is 7.99. The molecule has 0 saturated carbocycles. The average molecular weight is 373 g/mol. The predicted octanol–water partition coefficient (Wildman–Crippen LogP) is 4.65. The van der Waals surface area contributed by atoms with Crippen molar-refractivity contribution in [3.63, 3.8) is 0 Å². The fourth-order valence-electron chi connectivity index (χ4n) is 3.22. The standard InChI is InChI=1S/C19H20N2O2S2/c1-12(2)11-24-19-20-17-16(14-7-3-4-8-15(14)25-17)18(22)21(19)10-13-6-5-9-23-13/h5-6,9H,1,3-4,7-8,10-11H2,2H3. The van der Waals surface area contributed by atoms with Gasteiger partial charge in [0, 0.05) is 10.6 Å². The Morgan fingerprint density at radius 3 is 3.04 bits per heavy atom. The molecule has 0 unspecified atom stereocenters. The molecule has 6 heteroatoms. The van der Waals surface area contributed by atoms with E-state index in [4.69, 9.17) is 9.40 Å². The number of aromatic nitrogens is 2. The first-order valence-corrected chi connectivity index (χ1v) is 10.3. The van der Waals surface area contributed by atoms with Crippen LogP contribution in [0.5, 0.6) is 0 Å². The number of furan rings is 1. The Bertz CT molecular complexity index is 983. The first kappa shape index (κ1) is 16.7. The molecule has 1 aliphatic carbocycles. The number of aryl methyl sites for hydroxylation is 2. The quantitative estimate of drug-likeness (QED) is 0.372. The molecule has 0 amide bonds. The van der Waals surface area contributed by atoms with Crippen molar-refractivity contribution in [2.75, 3.05) is 5.75 Å². The van der Waals surface area contributed by atoms with Crippen LogP contribution in [0.15, 0.2) is 44.9 Å². The minimum absolute atomic E-state index is 0.0602. The second-order valence-corrected chi connectivity index (χ2v) is 8.53. The van der Waals surface area contributed by atoms with E-state index < -0.39 is 0 Å². The summed E-state index contributed by atoms with van der Waals surface area (Å²) in [7, 11) is 0. The molecule has 0 fully saturated rings. The highest BCUT2D eigenvalue weighted by atomic mass is 32.2. The van der Waals surface area contributed by atoms with Gasteiger partial charge in [0.1, 0.15) is 10.6 Å². The molecule has 130 valence electrons. The molecule has 3 aromatic heterocycles. The van der Waals surface area contributed by atoms with Crippen LogP contribution in [0, 0.1) is 0 Å². The molecule has 0 N–H and O–H groups in total. The Hall–Kier alpha value is -1.79. The number of hydrogen-bond acceptors (Lipinski definition) is 5. The molecule has 1 aliphatic rings. The molecule has 0 radical (unpaired) electrons. The summed E-state index contributed by atoms with van der Waals surface area (Å²) in [6.07, 6.45) is 6.06. The van der Waals surface area contributed by atoms with Gasteiger partial charge in [-0.05, 0) is 50.3 Å². The third-order valence-electron chi connectivity index (χ3n) is 4.38. The molecule has 0 aliphatic heterocycles. The number of nitrogens with zero attached hydrogens (tertiary/aromatic N) is 2. The lowest BCUT2D eigenvalue weighted by Gasteiger charge is -2.12. The second-order valence-electron chi connectivity index (χ2n) is 6.50. The lowest BCUT2D eigenvalue weighted by molar-refractivity contribution is 0.476. The van der Waals surface area contributed by atoms with E-state index in [0.29, 0.717) is 6.54 Å². The molecule has 3 aromatic rings. The summed E-state index contributed by atoms with van der Waals surface area (Å²) in [5.74, 6) is 1.52. The van der Waals surface area contributed by atoms with Crippen LogP contribution in [0.4, 0.5) is 0 Å². The number of thioether (sulfide) groups is 1.